The predicted molar refractivity (Wildman–Crippen MR) is 106 cm³/mol. The summed E-state index contributed by atoms with van der Waals surface area (Å²) < 4.78 is 0. The van der Waals surface area contributed by atoms with Crippen molar-refractivity contribution in [3.63, 3.8) is 0 Å². The van der Waals surface area contributed by atoms with Crippen LogP contribution in [0.4, 0.5) is 0 Å². The van der Waals surface area contributed by atoms with Gasteiger partial charge in [0.15, 0.2) is 0 Å². The molecule has 1 unspecified atom stereocenters. The molecule has 0 saturated carbocycles. The predicted octanol–water partition coefficient (Wildman–Crippen LogP) is 5.02. The lowest BCUT2D eigenvalue weighted by atomic mass is 9.89. The average molecular weight is 330 g/mol. The van der Waals surface area contributed by atoms with Gasteiger partial charge in [-0.2, -0.15) is 5.10 Å². The standard InChI is InChI=1S/C21H35N3/c1-7-12-19(13-8-2)17(5)21(22-9-3)24-23-18(6)20-15-11-10-14-16(20)4/h10-11,14-15,19,21-22,24H,5,7-9,12-13H2,1-4,6H3/b23-18+. The lowest BCUT2D eigenvalue weighted by Gasteiger charge is -2.27. The molecule has 0 fully saturated rings. The quantitative estimate of drug-likeness (QED) is 0.259. The van der Waals surface area contributed by atoms with E-state index < -0.39 is 0 Å². The lowest BCUT2D eigenvalue weighted by molar-refractivity contribution is 0.411. The molecule has 0 amide bonds. The van der Waals surface area contributed by atoms with E-state index in [0.717, 1.165) is 12.3 Å². The Kier molecular flexibility index (Phi) is 9.39. The van der Waals surface area contributed by atoms with Crippen LogP contribution >= 0.6 is 0 Å². The van der Waals surface area contributed by atoms with Gasteiger partial charge in [-0.05, 0) is 50.3 Å². The van der Waals surface area contributed by atoms with Crippen LogP contribution in [-0.2, 0) is 0 Å². The summed E-state index contributed by atoms with van der Waals surface area (Å²) in [4.78, 5) is 0. The summed E-state index contributed by atoms with van der Waals surface area (Å²) in [6.45, 7) is 16.0. The van der Waals surface area contributed by atoms with Crippen molar-refractivity contribution < 1.29 is 0 Å². The zero-order chi connectivity index (χ0) is 17.9. The number of benzene rings is 1. The topological polar surface area (TPSA) is 36.4 Å². The summed E-state index contributed by atoms with van der Waals surface area (Å²) in [5.41, 5.74) is 7.98. The van der Waals surface area contributed by atoms with Crippen LogP contribution in [0.1, 0.15) is 64.5 Å². The molecule has 134 valence electrons. The van der Waals surface area contributed by atoms with Gasteiger partial charge in [0.25, 0.3) is 0 Å². The highest BCUT2D eigenvalue weighted by Gasteiger charge is 2.19. The van der Waals surface area contributed by atoms with Crippen molar-refractivity contribution in [2.45, 2.75) is 66.5 Å². The summed E-state index contributed by atoms with van der Waals surface area (Å²) >= 11 is 0. The van der Waals surface area contributed by atoms with Gasteiger partial charge in [-0.15, -0.1) is 0 Å². The molecule has 1 rings (SSSR count). The van der Waals surface area contributed by atoms with Gasteiger partial charge in [0.05, 0.1) is 5.71 Å². The largest absolute Gasteiger partial charge is 0.293 e. The van der Waals surface area contributed by atoms with Crippen molar-refractivity contribution in [2.24, 2.45) is 11.0 Å². The van der Waals surface area contributed by atoms with E-state index in [1.165, 1.54) is 42.4 Å². The summed E-state index contributed by atoms with van der Waals surface area (Å²) in [5, 5.41) is 8.12. The Hall–Kier alpha value is -1.61. The highest BCUT2D eigenvalue weighted by Crippen LogP contribution is 2.23. The van der Waals surface area contributed by atoms with Crippen LogP contribution in [0.2, 0.25) is 0 Å². The first kappa shape index (κ1) is 20.4. The number of nitrogens with one attached hydrogen (secondary N) is 2. The van der Waals surface area contributed by atoms with Crippen LogP contribution in [0.3, 0.4) is 0 Å². The number of nitrogens with zero attached hydrogens (tertiary/aromatic N) is 1. The van der Waals surface area contributed by atoms with Gasteiger partial charge >= 0.3 is 0 Å². The molecule has 0 aliphatic heterocycles. The molecule has 3 heteroatoms. The van der Waals surface area contributed by atoms with Crippen molar-refractivity contribution in [3.05, 3.63) is 47.5 Å². The van der Waals surface area contributed by atoms with Crippen molar-refractivity contribution >= 4 is 5.71 Å². The maximum Gasteiger partial charge on any atom is 0.115 e. The minimum atomic E-state index is 0.0251. The number of hydrogen-bond acceptors (Lipinski definition) is 3. The Morgan fingerprint density at radius 2 is 1.75 bits per heavy atom. The molecule has 24 heavy (non-hydrogen) atoms. The monoisotopic (exact) mass is 329 g/mol. The summed E-state index contributed by atoms with van der Waals surface area (Å²) in [6, 6.07) is 8.35. The molecule has 0 aliphatic rings. The van der Waals surface area contributed by atoms with Gasteiger partial charge < -0.3 is 0 Å². The van der Waals surface area contributed by atoms with E-state index in [-0.39, 0.29) is 6.17 Å². The Balaban J connectivity index is 2.86. The maximum absolute atomic E-state index is 4.64. The molecular weight excluding hydrogens is 294 g/mol. The second-order valence-electron chi connectivity index (χ2n) is 6.48. The van der Waals surface area contributed by atoms with Gasteiger partial charge in [-0.25, -0.2) is 0 Å². The van der Waals surface area contributed by atoms with Crippen LogP contribution < -0.4 is 10.7 Å². The molecule has 0 radical (unpaired) electrons. The van der Waals surface area contributed by atoms with Crippen molar-refractivity contribution in [1.29, 1.82) is 0 Å². The first-order chi connectivity index (χ1) is 11.5. The molecule has 0 saturated heterocycles. The fraction of sp³-hybridized carbons (Fsp3) is 0.571. The number of hydrazone groups is 1. The highest BCUT2D eigenvalue weighted by atomic mass is 15.4. The zero-order valence-corrected chi connectivity index (χ0v) is 16.2. The molecule has 1 aromatic rings. The number of hydrogen-bond donors (Lipinski definition) is 2. The van der Waals surface area contributed by atoms with Crippen LogP contribution in [0, 0.1) is 12.8 Å². The van der Waals surface area contributed by atoms with E-state index >= 15 is 0 Å². The summed E-state index contributed by atoms with van der Waals surface area (Å²) in [5.74, 6) is 0.547. The molecule has 0 aromatic heterocycles. The minimum absolute atomic E-state index is 0.0251. The average Bonchev–Trinajstić information content (AvgIpc) is 2.58. The van der Waals surface area contributed by atoms with Crippen LogP contribution in [0.15, 0.2) is 41.5 Å². The van der Waals surface area contributed by atoms with E-state index in [4.69, 9.17) is 0 Å². The SMILES string of the molecule is C=C(C(CCC)CCC)C(NCC)N/N=C(\C)c1ccccc1C. The van der Waals surface area contributed by atoms with Crippen LogP contribution in [-0.4, -0.2) is 18.4 Å². The molecule has 1 aromatic carbocycles. The Bertz CT molecular complexity index is 528. The number of likely N-dealkylation sites (N-methyl/N-ethyl adjacent to an activating group) is 1. The lowest BCUT2D eigenvalue weighted by Crippen LogP contribution is -2.43. The van der Waals surface area contributed by atoms with Gasteiger partial charge in [-0.1, -0.05) is 64.5 Å². The number of rotatable bonds is 11. The van der Waals surface area contributed by atoms with Crippen molar-refractivity contribution in [2.75, 3.05) is 6.54 Å². The Morgan fingerprint density at radius 3 is 2.29 bits per heavy atom. The third kappa shape index (κ3) is 6.12. The first-order valence-electron chi connectivity index (χ1n) is 9.32. The normalized spacial score (nSPS) is 13.2. The molecule has 0 heterocycles. The molecule has 1 atom stereocenters. The molecule has 3 nitrogen and oxygen atoms in total. The smallest absolute Gasteiger partial charge is 0.115 e. The first-order valence-corrected chi connectivity index (χ1v) is 9.32. The molecule has 0 bridgehead atoms. The van der Waals surface area contributed by atoms with E-state index in [1.807, 2.05) is 0 Å². The molecule has 2 N–H and O–H groups in total. The Labute approximate surface area is 148 Å². The summed E-state index contributed by atoms with van der Waals surface area (Å²) in [6.07, 6.45) is 4.78. The van der Waals surface area contributed by atoms with Gasteiger partial charge in [-0.3, -0.25) is 10.7 Å². The second-order valence-corrected chi connectivity index (χ2v) is 6.48. The van der Waals surface area contributed by atoms with Gasteiger partial charge in [0.1, 0.15) is 6.17 Å². The Morgan fingerprint density at radius 1 is 1.12 bits per heavy atom. The van der Waals surface area contributed by atoms with Crippen molar-refractivity contribution in [3.8, 4) is 0 Å². The summed E-state index contributed by atoms with van der Waals surface area (Å²) in [7, 11) is 0. The molecule has 0 spiro atoms. The number of aryl methyl sites for hydroxylation is 1. The molecule has 0 aliphatic carbocycles. The van der Waals surface area contributed by atoms with E-state index in [1.54, 1.807) is 0 Å². The fourth-order valence-corrected chi connectivity index (χ4v) is 3.11. The van der Waals surface area contributed by atoms with E-state index in [9.17, 15) is 0 Å². The van der Waals surface area contributed by atoms with E-state index in [2.05, 4.69) is 81.3 Å². The third-order valence-corrected chi connectivity index (χ3v) is 4.47. The van der Waals surface area contributed by atoms with Gasteiger partial charge in [0, 0.05) is 5.56 Å². The molecular formula is C21H35N3. The second kappa shape index (κ2) is 11.0. The minimum Gasteiger partial charge on any atom is -0.293 e. The maximum atomic E-state index is 4.64. The highest BCUT2D eigenvalue weighted by molar-refractivity contribution is 5.99. The van der Waals surface area contributed by atoms with E-state index in [0.29, 0.717) is 5.92 Å². The van der Waals surface area contributed by atoms with Gasteiger partial charge in [0.2, 0.25) is 0 Å². The van der Waals surface area contributed by atoms with Crippen LogP contribution in [0.5, 0.6) is 0 Å². The fourth-order valence-electron chi connectivity index (χ4n) is 3.11. The van der Waals surface area contributed by atoms with Crippen molar-refractivity contribution in [1.82, 2.24) is 10.7 Å². The zero-order valence-electron chi connectivity index (χ0n) is 16.2. The third-order valence-electron chi connectivity index (χ3n) is 4.47. The van der Waals surface area contributed by atoms with Crippen LogP contribution in [0.25, 0.3) is 0 Å².